The zero-order chi connectivity index (χ0) is 21.0. The molecule has 0 atom stereocenters. The van der Waals surface area contributed by atoms with Crippen LogP contribution in [0.3, 0.4) is 0 Å². The summed E-state index contributed by atoms with van der Waals surface area (Å²) in [5.41, 5.74) is 1.24. The molecule has 6 nitrogen and oxygen atoms in total. The summed E-state index contributed by atoms with van der Waals surface area (Å²) in [6, 6.07) is 10.9. The Bertz CT molecular complexity index is 952. The maximum Gasteiger partial charge on any atom is 0.387 e. The van der Waals surface area contributed by atoms with Crippen molar-refractivity contribution in [1.82, 2.24) is 0 Å². The molecule has 0 aromatic heterocycles. The summed E-state index contributed by atoms with van der Waals surface area (Å²) < 4.78 is 44.9. The molecule has 1 heterocycles. The van der Waals surface area contributed by atoms with Crippen LogP contribution in [0.15, 0.2) is 53.2 Å². The molecule has 0 saturated carbocycles. The second-order valence-electron chi connectivity index (χ2n) is 6.32. The van der Waals surface area contributed by atoms with Gasteiger partial charge in [-0.2, -0.15) is 8.78 Å². The van der Waals surface area contributed by atoms with Gasteiger partial charge in [0, 0.05) is 5.56 Å². The summed E-state index contributed by atoms with van der Waals surface area (Å²) in [4.78, 5) is 16.4. The Morgan fingerprint density at radius 3 is 2.38 bits per heavy atom. The van der Waals surface area contributed by atoms with Gasteiger partial charge in [0.05, 0.1) is 13.2 Å². The van der Waals surface area contributed by atoms with Gasteiger partial charge >= 0.3 is 12.6 Å². The fourth-order valence-corrected chi connectivity index (χ4v) is 2.59. The van der Waals surface area contributed by atoms with Gasteiger partial charge in [-0.3, -0.25) is 0 Å². The second-order valence-corrected chi connectivity index (χ2v) is 6.32. The van der Waals surface area contributed by atoms with Crippen LogP contribution in [-0.4, -0.2) is 31.7 Å². The van der Waals surface area contributed by atoms with Crippen LogP contribution in [0.1, 0.15) is 25.0 Å². The molecular formula is C21H19F2NO5. The monoisotopic (exact) mass is 403 g/mol. The molecule has 0 radical (unpaired) electrons. The van der Waals surface area contributed by atoms with Crippen molar-refractivity contribution in [3.05, 3.63) is 59.3 Å². The van der Waals surface area contributed by atoms with Gasteiger partial charge < -0.3 is 18.9 Å². The van der Waals surface area contributed by atoms with Crippen LogP contribution in [0.5, 0.6) is 17.2 Å². The molecule has 1 aliphatic rings. The number of hydrogen-bond donors (Lipinski definition) is 0. The van der Waals surface area contributed by atoms with E-state index in [4.69, 9.17) is 14.2 Å². The number of aliphatic imine (C=N–C) groups is 1. The van der Waals surface area contributed by atoms with E-state index in [1.54, 1.807) is 24.3 Å². The molecule has 2 aromatic rings. The minimum Gasteiger partial charge on any atom is -0.493 e. The van der Waals surface area contributed by atoms with Crippen LogP contribution >= 0.6 is 0 Å². The lowest BCUT2D eigenvalue weighted by molar-refractivity contribution is -0.129. The van der Waals surface area contributed by atoms with E-state index in [2.05, 4.69) is 9.73 Å². The third-order valence-electron chi connectivity index (χ3n) is 3.80. The Labute approximate surface area is 166 Å². The molecule has 0 amide bonds. The van der Waals surface area contributed by atoms with Gasteiger partial charge in [-0.15, -0.1) is 0 Å². The second kappa shape index (κ2) is 8.72. The van der Waals surface area contributed by atoms with Crippen LogP contribution in [0.25, 0.3) is 6.08 Å². The molecule has 3 rings (SSSR count). The standard InChI is InChI=1S/C21H19F2NO5/c1-12(2)27-17-9-4-13(11-18(17)26-3)10-16-20(25)29-19(24-16)14-5-7-15(8-6-14)28-21(22)23/h4-12,21H,1-3H3/b16-10-. The van der Waals surface area contributed by atoms with Gasteiger partial charge in [0.25, 0.3) is 0 Å². The summed E-state index contributed by atoms with van der Waals surface area (Å²) in [6.45, 7) is 0.907. The molecule has 0 bridgehead atoms. The van der Waals surface area contributed by atoms with Crippen molar-refractivity contribution >= 4 is 17.9 Å². The Balaban J connectivity index is 1.83. The molecular weight excluding hydrogens is 384 g/mol. The van der Waals surface area contributed by atoms with Gasteiger partial charge in [0.1, 0.15) is 5.75 Å². The van der Waals surface area contributed by atoms with Crippen molar-refractivity contribution in [3.8, 4) is 17.2 Å². The largest absolute Gasteiger partial charge is 0.493 e. The van der Waals surface area contributed by atoms with Gasteiger partial charge in [-0.05, 0) is 61.9 Å². The maximum atomic E-state index is 12.2. The summed E-state index contributed by atoms with van der Waals surface area (Å²) in [6.07, 6.45) is 1.55. The third-order valence-corrected chi connectivity index (χ3v) is 3.80. The van der Waals surface area contributed by atoms with E-state index in [-0.39, 0.29) is 23.4 Å². The molecule has 0 unspecified atom stereocenters. The first-order valence-corrected chi connectivity index (χ1v) is 8.78. The van der Waals surface area contributed by atoms with Crippen LogP contribution in [0.4, 0.5) is 8.78 Å². The van der Waals surface area contributed by atoms with Crippen molar-refractivity contribution in [2.45, 2.75) is 26.6 Å². The van der Waals surface area contributed by atoms with Gasteiger partial charge in [-0.25, -0.2) is 9.79 Å². The topological polar surface area (TPSA) is 66.3 Å². The average molecular weight is 403 g/mol. The SMILES string of the molecule is COc1cc(/C=C2\N=C(c3ccc(OC(F)F)cc3)OC2=O)ccc1OC(C)C. The number of halogens is 2. The molecule has 152 valence electrons. The van der Waals surface area contributed by atoms with Gasteiger partial charge in [0.15, 0.2) is 17.2 Å². The zero-order valence-electron chi connectivity index (χ0n) is 16.0. The number of ether oxygens (including phenoxy) is 4. The van der Waals surface area contributed by atoms with E-state index in [1.807, 2.05) is 13.8 Å². The number of methoxy groups -OCH3 is 1. The van der Waals surface area contributed by atoms with E-state index in [1.165, 1.54) is 31.4 Å². The lowest BCUT2D eigenvalue weighted by atomic mass is 10.1. The zero-order valence-corrected chi connectivity index (χ0v) is 16.0. The Kier molecular flexibility index (Phi) is 6.11. The average Bonchev–Trinajstić information content (AvgIpc) is 3.03. The Morgan fingerprint density at radius 1 is 1.03 bits per heavy atom. The van der Waals surface area contributed by atoms with E-state index in [9.17, 15) is 13.6 Å². The van der Waals surface area contributed by atoms with Gasteiger partial charge in [-0.1, -0.05) is 6.07 Å². The number of rotatable bonds is 7. The number of carbonyl (C=O) groups excluding carboxylic acids is 1. The number of cyclic esters (lactones) is 1. The molecule has 0 N–H and O–H groups in total. The Morgan fingerprint density at radius 2 is 1.76 bits per heavy atom. The van der Waals surface area contributed by atoms with Crippen molar-refractivity contribution in [2.24, 2.45) is 4.99 Å². The van der Waals surface area contributed by atoms with Crippen molar-refractivity contribution in [1.29, 1.82) is 0 Å². The maximum absolute atomic E-state index is 12.2. The molecule has 8 heteroatoms. The number of esters is 1. The highest BCUT2D eigenvalue weighted by molar-refractivity contribution is 6.12. The normalized spacial score (nSPS) is 14.9. The third kappa shape index (κ3) is 5.10. The van der Waals surface area contributed by atoms with E-state index < -0.39 is 12.6 Å². The minimum absolute atomic E-state index is 0.000223. The molecule has 0 aliphatic carbocycles. The summed E-state index contributed by atoms with van der Waals surface area (Å²) in [7, 11) is 1.53. The number of benzene rings is 2. The molecule has 0 saturated heterocycles. The summed E-state index contributed by atoms with van der Waals surface area (Å²) >= 11 is 0. The first-order chi connectivity index (χ1) is 13.9. The van der Waals surface area contributed by atoms with Gasteiger partial charge in [0.2, 0.25) is 5.90 Å². The van der Waals surface area contributed by atoms with Crippen molar-refractivity contribution in [2.75, 3.05) is 7.11 Å². The Hall–Kier alpha value is -3.42. The molecule has 29 heavy (non-hydrogen) atoms. The van der Waals surface area contributed by atoms with E-state index in [0.717, 1.165) is 0 Å². The lowest BCUT2D eigenvalue weighted by Gasteiger charge is -2.13. The summed E-state index contributed by atoms with van der Waals surface area (Å²) in [5.74, 6) is 0.582. The number of carbonyl (C=O) groups is 1. The number of hydrogen-bond acceptors (Lipinski definition) is 6. The smallest absolute Gasteiger partial charge is 0.387 e. The first-order valence-electron chi connectivity index (χ1n) is 8.78. The van der Waals surface area contributed by atoms with Crippen LogP contribution < -0.4 is 14.2 Å². The molecule has 1 aliphatic heterocycles. The van der Waals surface area contributed by atoms with Crippen LogP contribution in [0.2, 0.25) is 0 Å². The number of nitrogens with zero attached hydrogens (tertiary/aromatic N) is 1. The summed E-state index contributed by atoms with van der Waals surface area (Å²) in [5, 5.41) is 0. The predicted octanol–water partition coefficient (Wildman–Crippen LogP) is 4.43. The molecule has 0 spiro atoms. The van der Waals surface area contributed by atoms with E-state index in [0.29, 0.717) is 22.6 Å². The van der Waals surface area contributed by atoms with Crippen LogP contribution in [0, 0.1) is 0 Å². The quantitative estimate of drug-likeness (QED) is 0.506. The van der Waals surface area contributed by atoms with Crippen molar-refractivity contribution < 1.29 is 32.5 Å². The lowest BCUT2D eigenvalue weighted by Crippen LogP contribution is -2.06. The fourth-order valence-electron chi connectivity index (χ4n) is 2.59. The van der Waals surface area contributed by atoms with E-state index >= 15 is 0 Å². The predicted molar refractivity (Wildman–Crippen MR) is 102 cm³/mol. The highest BCUT2D eigenvalue weighted by atomic mass is 19.3. The highest BCUT2D eigenvalue weighted by Crippen LogP contribution is 2.30. The minimum atomic E-state index is -2.91. The van der Waals surface area contributed by atoms with Crippen LogP contribution in [-0.2, 0) is 9.53 Å². The first kappa shape index (κ1) is 20.3. The molecule has 0 fully saturated rings. The highest BCUT2D eigenvalue weighted by Gasteiger charge is 2.24. The fraction of sp³-hybridized carbons (Fsp3) is 0.238. The number of alkyl halides is 2. The molecule has 2 aromatic carbocycles. The van der Waals surface area contributed by atoms with Crippen molar-refractivity contribution in [3.63, 3.8) is 0 Å².